The number of imide groups is 1. The molecule has 3 rings (SSSR count). The first-order valence-electron chi connectivity index (χ1n) is 9.66. The summed E-state index contributed by atoms with van der Waals surface area (Å²) in [6.45, 7) is 0. The Labute approximate surface area is 183 Å². The van der Waals surface area contributed by atoms with E-state index in [4.69, 9.17) is 0 Å². The third-order valence-corrected chi connectivity index (χ3v) is 4.94. The van der Waals surface area contributed by atoms with Crippen LogP contribution in [0.2, 0.25) is 0 Å². The molecule has 1 aromatic heterocycles. The lowest BCUT2D eigenvalue weighted by atomic mass is 10.1. The summed E-state index contributed by atoms with van der Waals surface area (Å²) in [4.78, 5) is 62.6. The van der Waals surface area contributed by atoms with Crippen LogP contribution in [-0.2, 0) is 19.2 Å². The van der Waals surface area contributed by atoms with Gasteiger partial charge in [-0.1, -0.05) is 48.6 Å². The normalized spacial score (nSPS) is 15.6. The quantitative estimate of drug-likeness (QED) is 0.228. The number of amides is 4. The van der Waals surface area contributed by atoms with Crippen molar-refractivity contribution in [3.63, 3.8) is 0 Å². The number of nitrogens with zero attached hydrogens (tertiary/aromatic N) is 2. The van der Waals surface area contributed by atoms with Gasteiger partial charge in [-0.2, -0.15) is 0 Å². The predicted molar refractivity (Wildman–Crippen MR) is 119 cm³/mol. The fraction of sp³-hybridized carbons (Fsp3) is 0.130. The topological polar surface area (TPSA) is 129 Å². The number of hydrogen-bond acceptors (Lipinski definition) is 5. The molecule has 9 nitrogen and oxygen atoms in total. The van der Waals surface area contributed by atoms with Crippen LogP contribution in [0.25, 0.3) is 17.0 Å². The van der Waals surface area contributed by atoms with Gasteiger partial charge in [0.15, 0.2) is 0 Å². The van der Waals surface area contributed by atoms with E-state index in [2.05, 4.69) is 10.2 Å². The highest BCUT2D eigenvalue weighted by Gasteiger charge is 2.25. The average molecular weight is 432 g/mol. The molecular weight excluding hydrogens is 412 g/mol. The first-order valence-corrected chi connectivity index (χ1v) is 9.66. The number of nitroso groups, excluding NO2 is 1. The maximum Gasteiger partial charge on any atom is 0.290 e. The molecule has 162 valence electrons. The molecule has 1 aliphatic carbocycles. The molecule has 0 aliphatic heterocycles. The summed E-state index contributed by atoms with van der Waals surface area (Å²) in [6.07, 6.45) is 11.4. The second-order valence-electron chi connectivity index (χ2n) is 6.99. The number of rotatable bonds is 7. The van der Waals surface area contributed by atoms with Crippen molar-refractivity contribution >= 4 is 41.1 Å². The molecule has 1 aromatic carbocycles. The Kier molecular flexibility index (Phi) is 7.02. The maximum absolute atomic E-state index is 13.2. The first kappa shape index (κ1) is 22.3. The minimum absolute atomic E-state index is 0.151. The lowest BCUT2D eigenvalue weighted by Gasteiger charge is -2.23. The molecule has 9 heteroatoms. The van der Waals surface area contributed by atoms with Crippen LogP contribution in [0.4, 0.5) is 0 Å². The highest BCUT2D eigenvalue weighted by Crippen LogP contribution is 2.22. The Hall–Kier alpha value is -4.40. The van der Waals surface area contributed by atoms with Gasteiger partial charge >= 0.3 is 0 Å². The van der Waals surface area contributed by atoms with Crippen molar-refractivity contribution in [3.8, 4) is 0 Å². The SMILES string of the molecule is CN(C(=O)/C(=C/c1c[nH]c2ccccc12)C(=O)NC=O)C1C=CC=C(CC(=O)N=O)C=C1. The number of benzene rings is 1. The molecule has 0 bridgehead atoms. The van der Waals surface area contributed by atoms with Gasteiger partial charge in [0.1, 0.15) is 5.57 Å². The summed E-state index contributed by atoms with van der Waals surface area (Å²) < 4.78 is 0. The monoisotopic (exact) mass is 432 g/mol. The fourth-order valence-corrected chi connectivity index (χ4v) is 3.27. The van der Waals surface area contributed by atoms with Gasteiger partial charge < -0.3 is 9.88 Å². The Balaban J connectivity index is 1.89. The Morgan fingerprint density at radius 1 is 1.22 bits per heavy atom. The Morgan fingerprint density at radius 2 is 2.00 bits per heavy atom. The zero-order valence-corrected chi connectivity index (χ0v) is 17.1. The van der Waals surface area contributed by atoms with Gasteiger partial charge in [-0.05, 0) is 17.7 Å². The number of fused-ring (bicyclic) bond motifs is 1. The molecule has 1 aliphatic rings. The van der Waals surface area contributed by atoms with Crippen molar-refractivity contribution in [2.75, 3.05) is 7.05 Å². The molecule has 1 unspecified atom stereocenters. The van der Waals surface area contributed by atoms with E-state index in [1.54, 1.807) is 36.6 Å². The number of aromatic amines is 1. The van der Waals surface area contributed by atoms with Crippen LogP contribution in [0.5, 0.6) is 0 Å². The van der Waals surface area contributed by atoms with E-state index >= 15 is 0 Å². The fourth-order valence-electron chi connectivity index (χ4n) is 3.27. The van der Waals surface area contributed by atoms with E-state index in [1.165, 1.54) is 18.0 Å². The average Bonchev–Trinajstić information content (AvgIpc) is 3.06. The van der Waals surface area contributed by atoms with E-state index in [0.29, 0.717) is 11.1 Å². The van der Waals surface area contributed by atoms with E-state index in [0.717, 1.165) is 10.9 Å². The number of nitrogens with one attached hydrogen (secondary N) is 2. The maximum atomic E-state index is 13.2. The van der Waals surface area contributed by atoms with Crippen LogP contribution in [-0.4, -0.2) is 47.1 Å². The Bertz CT molecular complexity index is 1200. The van der Waals surface area contributed by atoms with Gasteiger partial charge in [-0.25, -0.2) is 0 Å². The van der Waals surface area contributed by atoms with Crippen LogP contribution in [0.3, 0.4) is 0 Å². The molecular formula is C23H20N4O5. The number of allylic oxidation sites excluding steroid dienone is 3. The third-order valence-electron chi connectivity index (χ3n) is 4.94. The molecule has 0 radical (unpaired) electrons. The highest BCUT2D eigenvalue weighted by molar-refractivity contribution is 6.23. The predicted octanol–water partition coefficient (Wildman–Crippen LogP) is 2.39. The number of aromatic nitrogens is 1. The highest BCUT2D eigenvalue weighted by atomic mass is 16.3. The molecule has 0 saturated carbocycles. The third kappa shape index (κ3) is 5.01. The summed E-state index contributed by atoms with van der Waals surface area (Å²) in [5, 5.41) is 5.22. The van der Waals surface area contributed by atoms with Crippen LogP contribution < -0.4 is 5.32 Å². The van der Waals surface area contributed by atoms with Gasteiger partial charge in [0.2, 0.25) is 6.41 Å². The minimum Gasteiger partial charge on any atom is -0.361 e. The number of carbonyl (C=O) groups is 4. The van der Waals surface area contributed by atoms with Gasteiger partial charge in [0, 0.05) is 34.9 Å². The first-order chi connectivity index (χ1) is 15.4. The lowest BCUT2D eigenvalue weighted by molar-refractivity contribution is -0.130. The second-order valence-corrected chi connectivity index (χ2v) is 6.99. The number of hydrogen-bond donors (Lipinski definition) is 2. The summed E-state index contributed by atoms with van der Waals surface area (Å²) >= 11 is 0. The number of carbonyl (C=O) groups excluding carboxylic acids is 4. The zero-order chi connectivity index (χ0) is 23.1. The van der Waals surface area contributed by atoms with E-state index in [1.807, 2.05) is 29.6 Å². The number of para-hydroxylation sites is 1. The minimum atomic E-state index is -0.829. The van der Waals surface area contributed by atoms with Gasteiger partial charge in [-0.15, -0.1) is 4.91 Å². The molecule has 2 aromatic rings. The molecule has 0 saturated heterocycles. The standard InChI is InChI=1S/C23H20N4O5/c1-27(17-6-4-5-15(9-10-17)11-21(29)26-32)23(31)19(22(30)25-14-28)12-16-13-24-20-8-3-2-7-18(16)20/h2-10,12-14,17,24H,11H2,1H3,(H,25,28,30)/b19-12+. The van der Waals surface area contributed by atoms with E-state index in [9.17, 15) is 24.1 Å². The van der Waals surface area contributed by atoms with Crippen LogP contribution >= 0.6 is 0 Å². The van der Waals surface area contributed by atoms with Crippen LogP contribution in [0.15, 0.2) is 77.2 Å². The number of H-pyrrole nitrogens is 1. The summed E-state index contributed by atoms with van der Waals surface area (Å²) in [7, 11) is 1.52. The van der Waals surface area contributed by atoms with Crippen molar-refractivity contribution in [1.82, 2.24) is 15.2 Å². The van der Waals surface area contributed by atoms with Crippen LogP contribution in [0.1, 0.15) is 12.0 Å². The second kappa shape index (κ2) is 10.1. The van der Waals surface area contributed by atoms with Crippen molar-refractivity contribution < 1.29 is 19.2 Å². The van der Waals surface area contributed by atoms with E-state index < -0.39 is 23.8 Å². The van der Waals surface area contributed by atoms with Crippen LogP contribution in [0, 0.1) is 4.91 Å². The lowest BCUT2D eigenvalue weighted by Crippen LogP contribution is -2.39. The van der Waals surface area contributed by atoms with Crippen molar-refractivity contribution in [2.24, 2.45) is 5.18 Å². The van der Waals surface area contributed by atoms with Gasteiger partial charge in [-0.3, -0.25) is 24.5 Å². The van der Waals surface area contributed by atoms with E-state index in [-0.39, 0.29) is 18.4 Å². The van der Waals surface area contributed by atoms with Crippen molar-refractivity contribution in [1.29, 1.82) is 0 Å². The molecule has 4 amide bonds. The Morgan fingerprint density at radius 3 is 2.75 bits per heavy atom. The van der Waals surface area contributed by atoms with Gasteiger partial charge in [0.05, 0.1) is 12.5 Å². The molecule has 0 spiro atoms. The summed E-state index contributed by atoms with van der Waals surface area (Å²) in [5.74, 6) is -2.24. The summed E-state index contributed by atoms with van der Waals surface area (Å²) in [6, 6.07) is 6.87. The smallest absolute Gasteiger partial charge is 0.290 e. The molecule has 1 heterocycles. The largest absolute Gasteiger partial charge is 0.361 e. The van der Waals surface area contributed by atoms with Crippen molar-refractivity contribution in [2.45, 2.75) is 12.5 Å². The summed E-state index contributed by atoms with van der Waals surface area (Å²) in [5.41, 5.74) is 1.79. The molecule has 0 fully saturated rings. The van der Waals surface area contributed by atoms with Crippen molar-refractivity contribution in [3.05, 3.63) is 82.5 Å². The van der Waals surface area contributed by atoms with Gasteiger partial charge in [0.25, 0.3) is 17.7 Å². The molecule has 2 N–H and O–H groups in total. The molecule has 32 heavy (non-hydrogen) atoms. The zero-order valence-electron chi connectivity index (χ0n) is 17.1. The number of likely N-dealkylation sites (N-methyl/N-ethyl adjacent to an activating group) is 1. The molecule has 1 atom stereocenters.